The Morgan fingerprint density at radius 2 is 2.15 bits per heavy atom. The highest BCUT2D eigenvalue weighted by Crippen LogP contribution is 2.36. The molecule has 2 aromatic carbocycles. The van der Waals surface area contributed by atoms with Crippen molar-refractivity contribution in [2.75, 3.05) is 18.6 Å². The standard InChI is InChI=1S/C21H19FN2O3/c1-26-21(25)18-9-10-24(19-8-3-2-7-17(18)19)12-16-13-27-20(23-16)14-5-4-6-15(22)11-14/h2-8,11,13,18H,9-10,12H2,1H3/t18-/m0/s1. The van der Waals surface area contributed by atoms with Crippen molar-refractivity contribution in [3.05, 3.63) is 71.9 Å². The molecule has 1 aliphatic heterocycles. The molecular weight excluding hydrogens is 347 g/mol. The van der Waals surface area contributed by atoms with Crippen molar-refractivity contribution >= 4 is 11.7 Å². The molecule has 3 aromatic rings. The van der Waals surface area contributed by atoms with E-state index in [1.165, 1.54) is 19.2 Å². The van der Waals surface area contributed by atoms with E-state index in [4.69, 9.17) is 9.15 Å². The van der Waals surface area contributed by atoms with Crippen LogP contribution in [0.15, 0.2) is 59.2 Å². The SMILES string of the molecule is COC(=O)[C@H]1CCN(Cc2coc(-c3cccc(F)c3)n2)c2ccccc21. The number of fused-ring (bicyclic) bond motifs is 1. The lowest BCUT2D eigenvalue weighted by molar-refractivity contribution is -0.142. The molecule has 138 valence electrons. The predicted octanol–water partition coefficient (Wildman–Crippen LogP) is 4.15. The van der Waals surface area contributed by atoms with Crippen LogP contribution in [0.1, 0.15) is 23.6 Å². The zero-order valence-electron chi connectivity index (χ0n) is 14.9. The topological polar surface area (TPSA) is 55.6 Å². The monoisotopic (exact) mass is 366 g/mol. The number of para-hydroxylation sites is 1. The quantitative estimate of drug-likeness (QED) is 0.650. The van der Waals surface area contributed by atoms with Crippen molar-refractivity contribution < 1.29 is 18.3 Å². The third kappa shape index (κ3) is 3.43. The molecule has 0 unspecified atom stereocenters. The molecule has 0 saturated carbocycles. The second kappa shape index (κ2) is 7.23. The molecular formula is C21H19FN2O3. The highest BCUT2D eigenvalue weighted by molar-refractivity contribution is 5.81. The number of halogens is 1. The van der Waals surface area contributed by atoms with E-state index in [9.17, 15) is 9.18 Å². The van der Waals surface area contributed by atoms with Gasteiger partial charge in [-0.15, -0.1) is 0 Å². The summed E-state index contributed by atoms with van der Waals surface area (Å²) in [6, 6.07) is 14.0. The van der Waals surface area contributed by atoms with Crippen LogP contribution in [0.4, 0.5) is 10.1 Å². The van der Waals surface area contributed by atoms with Gasteiger partial charge in [-0.25, -0.2) is 9.37 Å². The van der Waals surface area contributed by atoms with Crippen LogP contribution in [0.3, 0.4) is 0 Å². The predicted molar refractivity (Wildman–Crippen MR) is 98.8 cm³/mol. The van der Waals surface area contributed by atoms with Crippen LogP contribution < -0.4 is 4.90 Å². The first-order valence-electron chi connectivity index (χ1n) is 8.78. The number of nitrogens with zero attached hydrogens (tertiary/aromatic N) is 2. The number of hydrogen-bond donors (Lipinski definition) is 0. The van der Waals surface area contributed by atoms with Gasteiger partial charge in [-0.1, -0.05) is 24.3 Å². The molecule has 0 bridgehead atoms. The van der Waals surface area contributed by atoms with Gasteiger partial charge in [-0.05, 0) is 36.2 Å². The van der Waals surface area contributed by atoms with Gasteiger partial charge >= 0.3 is 5.97 Å². The summed E-state index contributed by atoms with van der Waals surface area (Å²) in [5.41, 5.74) is 3.31. The first kappa shape index (κ1) is 17.3. The van der Waals surface area contributed by atoms with Crippen molar-refractivity contribution in [2.24, 2.45) is 0 Å². The number of esters is 1. The van der Waals surface area contributed by atoms with Crippen molar-refractivity contribution in [1.29, 1.82) is 0 Å². The largest absolute Gasteiger partial charge is 0.469 e. The number of ether oxygens (including phenoxy) is 1. The van der Waals surface area contributed by atoms with E-state index >= 15 is 0 Å². The average molecular weight is 366 g/mol. The van der Waals surface area contributed by atoms with Gasteiger partial charge in [0.2, 0.25) is 5.89 Å². The number of oxazole rings is 1. The van der Waals surface area contributed by atoms with Crippen molar-refractivity contribution in [3.8, 4) is 11.5 Å². The van der Waals surface area contributed by atoms with E-state index in [2.05, 4.69) is 9.88 Å². The molecule has 0 aliphatic carbocycles. The zero-order valence-corrected chi connectivity index (χ0v) is 14.9. The van der Waals surface area contributed by atoms with E-state index < -0.39 is 0 Å². The Hall–Kier alpha value is -3.15. The first-order valence-corrected chi connectivity index (χ1v) is 8.78. The lowest BCUT2D eigenvalue weighted by Gasteiger charge is -2.34. The fourth-order valence-corrected chi connectivity index (χ4v) is 3.51. The molecule has 0 fully saturated rings. The molecule has 1 aromatic heterocycles. The fraction of sp³-hybridized carbons (Fsp3) is 0.238. The second-order valence-electron chi connectivity index (χ2n) is 6.50. The van der Waals surface area contributed by atoms with Crippen LogP contribution in [-0.4, -0.2) is 24.6 Å². The van der Waals surface area contributed by atoms with Gasteiger partial charge in [0.1, 0.15) is 12.1 Å². The van der Waals surface area contributed by atoms with Crippen LogP contribution in [0.25, 0.3) is 11.5 Å². The summed E-state index contributed by atoms with van der Waals surface area (Å²) in [5.74, 6) is -0.396. The molecule has 1 aliphatic rings. The van der Waals surface area contributed by atoms with Crippen LogP contribution in [0.5, 0.6) is 0 Å². The van der Waals surface area contributed by atoms with E-state index in [1.807, 2.05) is 24.3 Å². The summed E-state index contributed by atoms with van der Waals surface area (Å²) >= 11 is 0. The van der Waals surface area contributed by atoms with Gasteiger partial charge < -0.3 is 14.1 Å². The summed E-state index contributed by atoms with van der Waals surface area (Å²) in [7, 11) is 1.42. The Morgan fingerprint density at radius 1 is 1.30 bits per heavy atom. The number of methoxy groups -OCH3 is 1. The van der Waals surface area contributed by atoms with Crippen LogP contribution in [0, 0.1) is 5.82 Å². The van der Waals surface area contributed by atoms with Gasteiger partial charge in [0, 0.05) is 17.8 Å². The highest BCUT2D eigenvalue weighted by Gasteiger charge is 2.30. The third-order valence-corrected chi connectivity index (χ3v) is 4.80. The number of benzene rings is 2. The molecule has 0 spiro atoms. The summed E-state index contributed by atoms with van der Waals surface area (Å²) in [6.45, 7) is 1.25. The molecule has 2 heterocycles. The smallest absolute Gasteiger partial charge is 0.313 e. The number of carbonyl (C=O) groups excluding carboxylic acids is 1. The van der Waals surface area contributed by atoms with E-state index in [-0.39, 0.29) is 17.7 Å². The summed E-state index contributed by atoms with van der Waals surface area (Å²) in [4.78, 5) is 18.7. The number of hydrogen-bond acceptors (Lipinski definition) is 5. The maximum Gasteiger partial charge on any atom is 0.313 e. The van der Waals surface area contributed by atoms with Gasteiger partial charge in [0.05, 0.1) is 25.3 Å². The Kier molecular flexibility index (Phi) is 4.62. The normalized spacial score (nSPS) is 16.1. The average Bonchev–Trinajstić information content (AvgIpc) is 3.16. The third-order valence-electron chi connectivity index (χ3n) is 4.80. The van der Waals surface area contributed by atoms with Crippen molar-refractivity contribution in [2.45, 2.75) is 18.9 Å². The summed E-state index contributed by atoms with van der Waals surface area (Å²) in [5, 5.41) is 0. The van der Waals surface area contributed by atoms with Gasteiger partial charge in [-0.2, -0.15) is 0 Å². The molecule has 0 saturated heterocycles. The molecule has 1 atom stereocenters. The Balaban J connectivity index is 1.57. The van der Waals surface area contributed by atoms with Crippen LogP contribution in [0.2, 0.25) is 0 Å². The van der Waals surface area contributed by atoms with Gasteiger partial charge in [0.25, 0.3) is 0 Å². The minimum atomic E-state index is -0.328. The number of aromatic nitrogens is 1. The van der Waals surface area contributed by atoms with Crippen LogP contribution in [-0.2, 0) is 16.1 Å². The van der Waals surface area contributed by atoms with E-state index in [0.29, 0.717) is 31.0 Å². The summed E-state index contributed by atoms with van der Waals surface area (Å²) < 4.78 is 23.9. The lowest BCUT2D eigenvalue weighted by Crippen LogP contribution is -2.33. The number of rotatable bonds is 4. The molecule has 0 radical (unpaired) electrons. The zero-order chi connectivity index (χ0) is 18.8. The number of anilines is 1. The maximum absolute atomic E-state index is 13.4. The molecule has 5 nitrogen and oxygen atoms in total. The first-order chi connectivity index (χ1) is 13.2. The Labute approximate surface area is 156 Å². The van der Waals surface area contributed by atoms with E-state index in [1.54, 1.807) is 18.4 Å². The minimum Gasteiger partial charge on any atom is -0.469 e. The molecule has 4 rings (SSSR count). The second-order valence-corrected chi connectivity index (χ2v) is 6.50. The maximum atomic E-state index is 13.4. The number of carbonyl (C=O) groups is 1. The van der Waals surface area contributed by atoms with Crippen molar-refractivity contribution in [1.82, 2.24) is 4.98 Å². The van der Waals surface area contributed by atoms with Crippen LogP contribution >= 0.6 is 0 Å². The molecule has 27 heavy (non-hydrogen) atoms. The summed E-state index contributed by atoms with van der Waals surface area (Å²) in [6.07, 6.45) is 2.27. The highest BCUT2D eigenvalue weighted by atomic mass is 19.1. The fourth-order valence-electron chi connectivity index (χ4n) is 3.51. The van der Waals surface area contributed by atoms with Gasteiger partial charge in [-0.3, -0.25) is 4.79 Å². The molecule has 0 N–H and O–H groups in total. The Bertz CT molecular complexity index is 969. The van der Waals surface area contributed by atoms with Crippen molar-refractivity contribution in [3.63, 3.8) is 0 Å². The van der Waals surface area contributed by atoms with E-state index in [0.717, 1.165) is 16.9 Å². The minimum absolute atomic E-state index is 0.211. The van der Waals surface area contributed by atoms with Gasteiger partial charge in [0.15, 0.2) is 0 Å². The molecule has 0 amide bonds. The Morgan fingerprint density at radius 3 is 2.96 bits per heavy atom. The lowest BCUT2D eigenvalue weighted by atomic mass is 9.90. The molecule has 6 heteroatoms.